The fourth-order valence-electron chi connectivity index (χ4n) is 1.55. The van der Waals surface area contributed by atoms with Crippen molar-refractivity contribution in [2.45, 2.75) is 35.0 Å². The van der Waals surface area contributed by atoms with E-state index in [1.165, 1.54) is 35.7 Å². The molecule has 0 fully saturated rings. The predicted octanol–water partition coefficient (Wildman–Crippen LogP) is 3.11. The van der Waals surface area contributed by atoms with Crippen LogP contribution in [0.2, 0.25) is 0 Å². The van der Waals surface area contributed by atoms with E-state index < -0.39 is 0 Å². The Morgan fingerprint density at radius 3 is 3.00 bits per heavy atom. The van der Waals surface area contributed by atoms with Gasteiger partial charge in [0.1, 0.15) is 12.1 Å². The van der Waals surface area contributed by atoms with Gasteiger partial charge >= 0.3 is 0 Å². The van der Waals surface area contributed by atoms with Gasteiger partial charge in [0.15, 0.2) is 4.34 Å². The monoisotopic (exact) mass is 283 g/mol. The maximum atomic E-state index is 13.9. The molecule has 0 saturated carbocycles. The van der Waals surface area contributed by atoms with E-state index in [9.17, 15) is 4.39 Å². The van der Waals surface area contributed by atoms with Crippen LogP contribution in [0.1, 0.15) is 18.9 Å². The molecule has 2 rings (SSSR count). The Morgan fingerprint density at radius 2 is 2.33 bits per heavy atom. The van der Waals surface area contributed by atoms with Gasteiger partial charge in [-0.05, 0) is 36.0 Å². The van der Waals surface area contributed by atoms with E-state index in [2.05, 4.69) is 9.36 Å². The molecule has 1 heterocycles. The molecule has 6 heteroatoms. The highest BCUT2D eigenvalue weighted by Gasteiger charge is 2.13. The first-order valence-corrected chi connectivity index (χ1v) is 7.27. The second kappa shape index (κ2) is 6.26. The molecule has 96 valence electrons. The van der Waals surface area contributed by atoms with Gasteiger partial charge in [-0.15, -0.1) is 0 Å². The van der Waals surface area contributed by atoms with Crippen LogP contribution >= 0.6 is 23.3 Å². The lowest BCUT2D eigenvalue weighted by atomic mass is 10.0. The molecule has 0 aliphatic carbocycles. The van der Waals surface area contributed by atoms with E-state index in [0.29, 0.717) is 11.3 Å². The van der Waals surface area contributed by atoms with E-state index in [1.807, 2.05) is 13.0 Å². The highest BCUT2D eigenvalue weighted by molar-refractivity contribution is 8.01. The summed E-state index contributed by atoms with van der Waals surface area (Å²) in [6, 6.07) is 5.16. The molecule has 2 N–H and O–H groups in total. The third kappa shape index (κ3) is 3.28. The molecule has 0 spiro atoms. The third-order valence-electron chi connectivity index (χ3n) is 2.59. The smallest absolute Gasteiger partial charge is 0.174 e. The first-order chi connectivity index (χ1) is 8.70. The van der Waals surface area contributed by atoms with Crippen LogP contribution < -0.4 is 5.73 Å². The van der Waals surface area contributed by atoms with Gasteiger partial charge in [0.05, 0.1) is 4.90 Å². The number of nitrogens with two attached hydrogens (primary N) is 1. The van der Waals surface area contributed by atoms with Crippen molar-refractivity contribution in [2.75, 3.05) is 0 Å². The molecule has 0 bridgehead atoms. The average Bonchev–Trinajstić information content (AvgIpc) is 2.86. The zero-order valence-electron chi connectivity index (χ0n) is 9.97. The van der Waals surface area contributed by atoms with E-state index >= 15 is 0 Å². The van der Waals surface area contributed by atoms with Gasteiger partial charge < -0.3 is 5.73 Å². The van der Waals surface area contributed by atoms with Crippen LogP contribution in [0.15, 0.2) is 33.8 Å². The fraction of sp³-hybridized carbons (Fsp3) is 0.333. The van der Waals surface area contributed by atoms with Gasteiger partial charge in [-0.1, -0.05) is 30.8 Å². The van der Waals surface area contributed by atoms with Gasteiger partial charge in [0, 0.05) is 6.04 Å². The summed E-state index contributed by atoms with van der Waals surface area (Å²) in [4.78, 5) is 4.67. The molecule has 3 nitrogen and oxygen atoms in total. The lowest BCUT2D eigenvalue weighted by Crippen LogP contribution is -2.21. The van der Waals surface area contributed by atoms with Crippen LogP contribution in [-0.2, 0) is 6.42 Å². The molecule has 0 aliphatic heterocycles. The van der Waals surface area contributed by atoms with Crippen LogP contribution in [0, 0.1) is 5.82 Å². The summed E-state index contributed by atoms with van der Waals surface area (Å²) in [5, 5.41) is 0. The topological polar surface area (TPSA) is 51.8 Å². The summed E-state index contributed by atoms with van der Waals surface area (Å²) in [5.41, 5.74) is 6.88. The summed E-state index contributed by atoms with van der Waals surface area (Å²) < 4.78 is 18.6. The minimum atomic E-state index is -0.226. The summed E-state index contributed by atoms with van der Waals surface area (Å²) >= 11 is 2.58. The van der Waals surface area contributed by atoms with Crippen molar-refractivity contribution in [3.8, 4) is 0 Å². The van der Waals surface area contributed by atoms with Gasteiger partial charge in [-0.25, -0.2) is 9.37 Å². The van der Waals surface area contributed by atoms with Crippen molar-refractivity contribution in [2.24, 2.45) is 5.73 Å². The van der Waals surface area contributed by atoms with E-state index in [0.717, 1.165) is 16.3 Å². The number of hydrogen-bond acceptors (Lipinski definition) is 5. The Morgan fingerprint density at radius 1 is 1.50 bits per heavy atom. The standard InChI is InChI=1S/C12H14FN3S2/c1-2-9(14)6-8-4-3-5-10(13)11(8)17-12-15-7-16-18-12/h3-5,7,9H,2,6,14H2,1H3. The molecular weight excluding hydrogens is 269 g/mol. The minimum Gasteiger partial charge on any atom is -0.327 e. The summed E-state index contributed by atoms with van der Waals surface area (Å²) in [5.74, 6) is -0.226. The number of halogens is 1. The number of nitrogens with zero attached hydrogens (tertiary/aromatic N) is 2. The molecule has 0 saturated heterocycles. The summed E-state index contributed by atoms with van der Waals surface area (Å²) in [6.45, 7) is 2.03. The molecular formula is C12H14FN3S2. The Labute approximate surface area is 114 Å². The van der Waals surface area contributed by atoms with Crippen LogP contribution in [0.25, 0.3) is 0 Å². The van der Waals surface area contributed by atoms with Crippen LogP contribution in [-0.4, -0.2) is 15.4 Å². The van der Waals surface area contributed by atoms with Crippen molar-refractivity contribution in [3.63, 3.8) is 0 Å². The lowest BCUT2D eigenvalue weighted by Gasteiger charge is -2.12. The number of benzene rings is 1. The number of rotatable bonds is 5. The quantitative estimate of drug-likeness (QED) is 0.916. The first kappa shape index (κ1) is 13.5. The molecule has 2 aromatic rings. The van der Waals surface area contributed by atoms with E-state index in [-0.39, 0.29) is 11.9 Å². The zero-order valence-corrected chi connectivity index (χ0v) is 11.6. The number of aromatic nitrogens is 2. The third-order valence-corrected chi connectivity index (χ3v) is 4.46. The fourth-order valence-corrected chi connectivity index (χ4v) is 3.08. The Kier molecular flexibility index (Phi) is 4.68. The van der Waals surface area contributed by atoms with Gasteiger partial charge in [0.25, 0.3) is 0 Å². The predicted molar refractivity (Wildman–Crippen MR) is 72.4 cm³/mol. The number of hydrogen-bond donors (Lipinski definition) is 1. The van der Waals surface area contributed by atoms with Crippen molar-refractivity contribution in [1.82, 2.24) is 9.36 Å². The van der Waals surface area contributed by atoms with Crippen molar-refractivity contribution < 1.29 is 4.39 Å². The van der Waals surface area contributed by atoms with Gasteiger partial charge in [0.2, 0.25) is 0 Å². The van der Waals surface area contributed by atoms with Crippen molar-refractivity contribution in [1.29, 1.82) is 0 Å². The van der Waals surface area contributed by atoms with Crippen LogP contribution in [0.3, 0.4) is 0 Å². The molecule has 0 radical (unpaired) electrons. The first-order valence-electron chi connectivity index (χ1n) is 5.68. The normalized spacial score (nSPS) is 12.6. The largest absolute Gasteiger partial charge is 0.327 e. The molecule has 0 aliphatic rings. The highest BCUT2D eigenvalue weighted by atomic mass is 32.2. The van der Waals surface area contributed by atoms with Crippen LogP contribution in [0.5, 0.6) is 0 Å². The SMILES string of the molecule is CCC(N)Cc1cccc(F)c1Sc1ncns1. The summed E-state index contributed by atoms with van der Waals surface area (Å²) in [7, 11) is 0. The van der Waals surface area contributed by atoms with E-state index in [1.54, 1.807) is 6.07 Å². The lowest BCUT2D eigenvalue weighted by molar-refractivity contribution is 0.585. The Bertz CT molecular complexity index is 502. The zero-order chi connectivity index (χ0) is 13.0. The second-order valence-electron chi connectivity index (χ2n) is 3.91. The molecule has 18 heavy (non-hydrogen) atoms. The average molecular weight is 283 g/mol. The molecule has 1 aromatic heterocycles. The Balaban J connectivity index is 2.26. The van der Waals surface area contributed by atoms with Gasteiger partial charge in [-0.2, -0.15) is 4.37 Å². The van der Waals surface area contributed by atoms with Crippen molar-refractivity contribution in [3.05, 3.63) is 35.9 Å². The molecule has 0 amide bonds. The van der Waals surface area contributed by atoms with E-state index in [4.69, 9.17) is 5.73 Å². The second-order valence-corrected chi connectivity index (χ2v) is 5.95. The van der Waals surface area contributed by atoms with Crippen molar-refractivity contribution >= 4 is 23.3 Å². The Hall–Kier alpha value is -0.980. The summed E-state index contributed by atoms with van der Waals surface area (Å²) in [6.07, 6.45) is 3.03. The highest BCUT2D eigenvalue weighted by Crippen LogP contribution is 2.33. The van der Waals surface area contributed by atoms with Crippen LogP contribution in [0.4, 0.5) is 4.39 Å². The maximum Gasteiger partial charge on any atom is 0.174 e. The molecule has 1 unspecified atom stereocenters. The minimum absolute atomic E-state index is 0.0561. The molecule has 1 atom stereocenters. The molecule has 1 aromatic carbocycles. The maximum absolute atomic E-state index is 13.9. The van der Waals surface area contributed by atoms with Gasteiger partial charge in [-0.3, -0.25) is 0 Å².